The maximum Gasteiger partial charge on any atom is 0.244 e. The molecule has 0 aliphatic carbocycles. The number of nitrogens with zero attached hydrogens (tertiary/aromatic N) is 3. The number of aliphatic hydroxyl groups is 1. The molecule has 0 spiro atoms. The molecule has 0 saturated carbocycles. The Kier molecular flexibility index (Phi) is 5.62. The van der Waals surface area contributed by atoms with E-state index in [-0.39, 0.29) is 11.9 Å². The van der Waals surface area contributed by atoms with E-state index in [0.717, 1.165) is 5.56 Å². The number of nitriles is 1. The molecule has 0 unspecified atom stereocenters. The van der Waals surface area contributed by atoms with E-state index < -0.39 is 6.10 Å². The highest BCUT2D eigenvalue weighted by Gasteiger charge is 2.27. The van der Waals surface area contributed by atoms with Gasteiger partial charge in [0, 0.05) is 25.2 Å². The molecule has 1 saturated heterocycles. The normalized spacial score (nSPS) is 19.9. The summed E-state index contributed by atoms with van der Waals surface area (Å²) in [4.78, 5) is 18.3. The summed E-state index contributed by atoms with van der Waals surface area (Å²) in [6.07, 6.45) is 3.17. The minimum absolute atomic E-state index is 0.195. The Morgan fingerprint density at radius 1 is 1.23 bits per heavy atom. The number of benzene rings is 1. The summed E-state index contributed by atoms with van der Waals surface area (Å²) in [5.74, 6) is 0.425. The van der Waals surface area contributed by atoms with Crippen LogP contribution in [0.25, 0.3) is 6.08 Å². The van der Waals surface area contributed by atoms with Gasteiger partial charge in [-0.25, -0.2) is 4.98 Å². The minimum Gasteiger partial charge on any atom is -0.391 e. The molecule has 1 aliphatic rings. The number of β-amino-alcohol motifs (C(OH)–C–C–N with tert-alkyl or cyclic N) is 1. The number of hydrogen-bond acceptors (Lipinski definition) is 5. The van der Waals surface area contributed by atoms with Crippen LogP contribution >= 0.6 is 0 Å². The zero-order chi connectivity index (χ0) is 18.4. The molecule has 2 N–H and O–H groups in total. The lowest BCUT2D eigenvalue weighted by atomic mass is 10.0. The molecule has 1 aliphatic heterocycles. The molecule has 3 rings (SSSR count). The molecule has 2 atom stereocenters. The third-order valence-corrected chi connectivity index (χ3v) is 4.17. The molecule has 1 fully saturated rings. The van der Waals surface area contributed by atoms with Crippen LogP contribution < -0.4 is 10.2 Å². The van der Waals surface area contributed by atoms with Gasteiger partial charge in [-0.1, -0.05) is 36.4 Å². The number of carbonyl (C=O) groups is 1. The number of hydrogen-bond donors (Lipinski definition) is 2. The molecule has 0 bridgehead atoms. The molecule has 2 heterocycles. The lowest BCUT2D eigenvalue weighted by molar-refractivity contribution is -0.117. The Balaban J connectivity index is 1.63. The quantitative estimate of drug-likeness (QED) is 0.821. The first-order valence-corrected chi connectivity index (χ1v) is 8.48. The number of carbonyl (C=O) groups excluding carboxylic acids is 1. The van der Waals surface area contributed by atoms with Gasteiger partial charge < -0.3 is 15.3 Å². The van der Waals surface area contributed by atoms with Crippen molar-refractivity contribution in [2.45, 2.75) is 18.6 Å². The minimum atomic E-state index is -0.570. The Morgan fingerprint density at radius 3 is 2.81 bits per heavy atom. The molecule has 1 aromatic heterocycles. The van der Waals surface area contributed by atoms with Crippen LogP contribution in [0.3, 0.4) is 0 Å². The van der Waals surface area contributed by atoms with Crippen LogP contribution in [0.1, 0.15) is 17.7 Å². The lowest BCUT2D eigenvalue weighted by Gasteiger charge is -2.36. The van der Waals surface area contributed by atoms with E-state index in [1.165, 1.54) is 6.08 Å². The Morgan fingerprint density at radius 2 is 2.04 bits per heavy atom. The average Bonchev–Trinajstić information content (AvgIpc) is 2.67. The van der Waals surface area contributed by atoms with Gasteiger partial charge in [0.2, 0.25) is 5.91 Å². The van der Waals surface area contributed by atoms with Crippen molar-refractivity contribution < 1.29 is 9.90 Å². The number of piperidine rings is 1. The third kappa shape index (κ3) is 4.68. The van der Waals surface area contributed by atoms with Gasteiger partial charge in [-0.15, -0.1) is 0 Å². The fourth-order valence-corrected chi connectivity index (χ4v) is 3.01. The molecule has 26 heavy (non-hydrogen) atoms. The van der Waals surface area contributed by atoms with E-state index in [9.17, 15) is 9.90 Å². The topological polar surface area (TPSA) is 89.3 Å². The summed E-state index contributed by atoms with van der Waals surface area (Å²) < 4.78 is 0. The van der Waals surface area contributed by atoms with Gasteiger partial charge in [-0.3, -0.25) is 4.79 Å². The second-order valence-corrected chi connectivity index (χ2v) is 6.24. The standard InChI is InChI=1S/C20H20N4O2/c21-12-16-7-4-8-19(22-16)24-13-17(11-18(25)14-24)23-20(26)10-9-15-5-2-1-3-6-15/h1-10,17-18,25H,11,13-14H2,(H,23,26)/b10-9+/t17-,18+/m0/s1. The van der Waals surface area contributed by atoms with E-state index in [0.29, 0.717) is 31.0 Å². The highest BCUT2D eigenvalue weighted by molar-refractivity contribution is 5.91. The van der Waals surface area contributed by atoms with Crippen molar-refractivity contribution in [2.24, 2.45) is 0 Å². The number of amides is 1. The molecule has 2 aromatic rings. The van der Waals surface area contributed by atoms with Gasteiger partial charge in [-0.2, -0.15) is 5.26 Å². The van der Waals surface area contributed by atoms with Crippen LogP contribution in [0, 0.1) is 11.3 Å². The number of rotatable bonds is 4. The van der Waals surface area contributed by atoms with E-state index in [1.807, 2.05) is 41.3 Å². The predicted molar refractivity (Wildman–Crippen MR) is 99.2 cm³/mol. The second-order valence-electron chi connectivity index (χ2n) is 6.24. The zero-order valence-electron chi connectivity index (χ0n) is 14.2. The van der Waals surface area contributed by atoms with Crippen LogP contribution in [0.15, 0.2) is 54.6 Å². The third-order valence-electron chi connectivity index (χ3n) is 4.17. The van der Waals surface area contributed by atoms with Gasteiger partial charge in [0.1, 0.15) is 17.6 Å². The van der Waals surface area contributed by atoms with Gasteiger partial charge in [0.25, 0.3) is 0 Å². The van der Waals surface area contributed by atoms with Crippen molar-refractivity contribution in [1.82, 2.24) is 10.3 Å². The Bertz CT molecular complexity index is 829. The molecular formula is C20H20N4O2. The Hall–Kier alpha value is -3.17. The van der Waals surface area contributed by atoms with E-state index in [2.05, 4.69) is 10.3 Å². The molecule has 0 radical (unpaired) electrons. The molecule has 132 valence electrons. The van der Waals surface area contributed by atoms with E-state index >= 15 is 0 Å². The monoisotopic (exact) mass is 348 g/mol. The zero-order valence-corrected chi connectivity index (χ0v) is 14.2. The number of pyridine rings is 1. The number of aromatic nitrogens is 1. The number of nitrogens with one attached hydrogen (secondary N) is 1. The Labute approximate surface area is 152 Å². The predicted octanol–water partition coefficient (Wildman–Crippen LogP) is 1.72. The smallest absolute Gasteiger partial charge is 0.244 e. The average molecular weight is 348 g/mol. The van der Waals surface area contributed by atoms with Gasteiger partial charge >= 0.3 is 0 Å². The van der Waals surface area contributed by atoms with Crippen LogP contribution in [-0.2, 0) is 4.79 Å². The summed E-state index contributed by atoms with van der Waals surface area (Å²) in [6, 6.07) is 16.6. The summed E-state index contributed by atoms with van der Waals surface area (Å²) in [5, 5.41) is 22.1. The maximum absolute atomic E-state index is 12.2. The fourth-order valence-electron chi connectivity index (χ4n) is 3.01. The van der Waals surface area contributed by atoms with Crippen LogP contribution in [0.2, 0.25) is 0 Å². The highest BCUT2D eigenvalue weighted by atomic mass is 16.3. The fraction of sp³-hybridized carbons (Fsp3) is 0.250. The van der Waals surface area contributed by atoms with Crippen molar-refractivity contribution in [2.75, 3.05) is 18.0 Å². The molecule has 1 amide bonds. The van der Waals surface area contributed by atoms with Gasteiger partial charge in [0.15, 0.2) is 0 Å². The van der Waals surface area contributed by atoms with Crippen molar-refractivity contribution in [3.8, 4) is 6.07 Å². The number of anilines is 1. The first kappa shape index (κ1) is 17.6. The first-order valence-electron chi connectivity index (χ1n) is 8.48. The van der Waals surface area contributed by atoms with Crippen molar-refractivity contribution in [1.29, 1.82) is 5.26 Å². The van der Waals surface area contributed by atoms with Crippen molar-refractivity contribution in [3.05, 3.63) is 65.9 Å². The second kappa shape index (κ2) is 8.28. The molecular weight excluding hydrogens is 328 g/mol. The lowest BCUT2D eigenvalue weighted by Crippen LogP contribution is -2.52. The van der Waals surface area contributed by atoms with Crippen LogP contribution in [-0.4, -0.2) is 41.2 Å². The van der Waals surface area contributed by atoms with Crippen molar-refractivity contribution in [3.63, 3.8) is 0 Å². The number of aliphatic hydroxyl groups excluding tert-OH is 1. The van der Waals surface area contributed by atoms with Crippen LogP contribution in [0.5, 0.6) is 0 Å². The SMILES string of the molecule is N#Cc1cccc(N2C[C@H](O)C[C@H](NC(=O)/C=C/c3ccccc3)C2)n1. The molecule has 6 nitrogen and oxygen atoms in total. The summed E-state index contributed by atoms with van der Waals surface area (Å²) in [7, 11) is 0. The molecule has 1 aromatic carbocycles. The van der Waals surface area contributed by atoms with Gasteiger partial charge in [0.05, 0.1) is 6.10 Å². The van der Waals surface area contributed by atoms with Crippen molar-refractivity contribution >= 4 is 17.8 Å². The van der Waals surface area contributed by atoms with Gasteiger partial charge in [-0.05, 0) is 30.2 Å². The maximum atomic E-state index is 12.2. The largest absolute Gasteiger partial charge is 0.391 e. The first-order chi connectivity index (χ1) is 12.6. The summed E-state index contributed by atoms with van der Waals surface area (Å²) in [6.45, 7) is 0.956. The van der Waals surface area contributed by atoms with E-state index in [4.69, 9.17) is 5.26 Å². The van der Waals surface area contributed by atoms with Crippen LogP contribution in [0.4, 0.5) is 5.82 Å². The van der Waals surface area contributed by atoms with E-state index in [1.54, 1.807) is 24.3 Å². The highest BCUT2D eigenvalue weighted by Crippen LogP contribution is 2.18. The summed E-state index contributed by atoms with van der Waals surface area (Å²) in [5.41, 5.74) is 1.28. The molecule has 6 heteroatoms. The summed E-state index contributed by atoms with van der Waals surface area (Å²) >= 11 is 0.